The van der Waals surface area contributed by atoms with Crippen LogP contribution in [-0.2, 0) is 9.59 Å². The monoisotopic (exact) mass is 369 g/mol. The summed E-state index contributed by atoms with van der Waals surface area (Å²) in [5.74, 6) is -1.08. The fourth-order valence-electron chi connectivity index (χ4n) is 3.90. The lowest BCUT2D eigenvalue weighted by Gasteiger charge is -2.16. The third-order valence-corrected chi connectivity index (χ3v) is 5.88. The van der Waals surface area contributed by atoms with Gasteiger partial charge in [0.15, 0.2) is 5.78 Å². The van der Waals surface area contributed by atoms with E-state index in [4.69, 9.17) is 0 Å². The van der Waals surface area contributed by atoms with E-state index in [1.807, 2.05) is 44.4 Å². The normalized spacial score (nSPS) is 19.8. The van der Waals surface area contributed by atoms with Gasteiger partial charge in [-0.25, -0.2) is 0 Å². The molecule has 1 aliphatic carbocycles. The van der Waals surface area contributed by atoms with Gasteiger partial charge in [-0.15, -0.1) is 11.3 Å². The van der Waals surface area contributed by atoms with Crippen LogP contribution in [0.25, 0.3) is 0 Å². The van der Waals surface area contributed by atoms with Crippen LogP contribution in [-0.4, -0.2) is 24.0 Å². The van der Waals surface area contributed by atoms with Gasteiger partial charge in [-0.3, -0.25) is 14.4 Å². The van der Waals surface area contributed by atoms with Crippen molar-refractivity contribution in [2.24, 2.45) is 5.92 Å². The zero-order valence-electron chi connectivity index (χ0n) is 15.3. The number of carbonyl (C=O) groups is 3. The second kappa shape index (κ2) is 7.54. The Bertz CT molecular complexity index is 831. The maximum absolute atomic E-state index is 12.9. The molecule has 4 nitrogen and oxygen atoms in total. The highest BCUT2D eigenvalue weighted by Crippen LogP contribution is 2.37. The van der Waals surface area contributed by atoms with Gasteiger partial charge in [-0.1, -0.05) is 23.8 Å². The number of nitrogens with one attached hydrogen (secondary N) is 1. The summed E-state index contributed by atoms with van der Waals surface area (Å²) in [5.41, 5.74) is 4.01. The molecule has 1 fully saturated rings. The lowest BCUT2D eigenvalue weighted by Crippen LogP contribution is -2.26. The van der Waals surface area contributed by atoms with E-state index in [1.54, 1.807) is 6.07 Å². The first-order valence-electron chi connectivity index (χ1n) is 8.84. The highest BCUT2D eigenvalue weighted by Gasteiger charge is 2.42. The zero-order valence-corrected chi connectivity index (χ0v) is 16.1. The summed E-state index contributed by atoms with van der Waals surface area (Å²) in [6, 6.07) is 7.65. The second-order valence-corrected chi connectivity index (χ2v) is 7.98. The van der Waals surface area contributed by atoms with Gasteiger partial charge in [0.05, 0.1) is 4.88 Å². The molecule has 1 amide bonds. The second-order valence-electron chi connectivity index (χ2n) is 7.04. The Morgan fingerprint density at radius 3 is 2.50 bits per heavy atom. The van der Waals surface area contributed by atoms with Crippen LogP contribution in [0.4, 0.5) is 0 Å². The summed E-state index contributed by atoms with van der Waals surface area (Å²) in [5, 5.41) is 4.69. The molecule has 0 spiro atoms. The van der Waals surface area contributed by atoms with Crippen molar-refractivity contribution in [3.05, 3.63) is 56.8 Å². The Morgan fingerprint density at radius 1 is 1.19 bits per heavy atom. The number of carbonyl (C=O) groups excluding carboxylic acids is 3. The summed E-state index contributed by atoms with van der Waals surface area (Å²) < 4.78 is 0. The summed E-state index contributed by atoms with van der Waals surface area (Å²) in [6.07, 6.45) is 0.771. The first-order chi connectivity index (χ1) is 12.4. The van der Waals surface area contributed by atoms with Gasteiger partial charge in [0.1, 0.15) is 11.7 Å². The van der Waals surface area contributed by atoms with E-state index in [2.05, 4.69) is 5.32 Å². The quantitative estimate of drug-likeness (QED) is 0.817. The molecule has 2 atom stereocenters. The van der Waals surface area contributed by atoms with Gasteiger partial charge in [0, 0.05) is 18.9 Å². The number of benzene rings is 1. The van der Waals surface area contributed by atoms with E-state index in [0.29, 0.717) is 17.8 Å². The minimum atomic E-state index is -0.645. The van der Waals surface area contributed by atoms with E-state index in [-0.39, 0.29) is 29.8 Å². The Hall–Kier alpha value is -2.27. The van der Waals surface area contributed by atoms with Crippen LogP contribution in [0.3, 0.4) is 0 Å². The van der Waals surface area contributed by atoms with E-state index >= 15 is 0 Å². The predicted octanol–water partition coefficient (Wildman–Crippen LogP) is 3.74. The van der Waals surface area contributed by atoms with Crippen molar-refractivity contribution < 1.29 is 14.4 Å². The van der Waals surface area contributed by atoms with E-state index in [1.165, 1.54) is 11.3 Å². The molecule has 5 heteroatoms. The van der Waals surface area contributed by atoms with Crippen molar-refractivity contribution in [2.45, 2.75) is 39.5 Å². The number of rotatable bonds is 5. The number of Topliss-reactive ketones (excluding diaryl/α,β-unsaturated/α-hetero) is 2. The third-order valence-electron chi connectivity index (χ3n) is 5.01. The number of thiophene rings is 1. The van der Waals surface area contributed by atoms with Crippen molar-refractivity contribution in [1.29, 1.82) is 0 Å². The molecule has 26 heavy (non-hydrogen) atoms. The molecule has 2 unspecified atom stereocenters. The van der Waals surface area contributed by atoms with E-state index < -0.39 is 5.92 Å². The Morgan fingerprint density at radius 2 is 1.88 bits per heavy atom. The molecule has 0 aliphatic heterocycles. The standard InChI is InChI=1S/C21H23NO3S/c1-12-9-13(2)18(14(3)10-12)19-16(23)11-15(20(19)24)6-7-22-21(25)17-5-4-8-26-17/h4-5,8-10,15,19H,6-7,11H2,1-3H3,(H,22,25). The topological polar surface area (TPSA) is 63.2 Å². The minimum absolute atomic E-state index is 0.000337. The fourth-order valence-corrected chi connectivity index (χ4v) is 4.54. The Balaban J connectivity index is 1.67. The minimum Gasteiger partial charge on any atom is -0.351 e. The van der Waals surface area contributed by atoms with Crippen molar-refractivity contribution in [1.82, 2.24) is 5.32 Å². The Labute approximate surface area is 157 Å². The molecule has 1 saturated carbocycles. The maximum atomic E-state index is 12.9. The van der Waals surface area contributed by atoms with Gasteiger partial charge in [0.25, 0.3) is 5.91 Å². The van der Waals surface area contributed by atoms with E-state index in [0.717, 1.165) is 22.3 Å². The van der Waals surface area contributed by atoms with Crippen LogP contribution in [0.5, 0.6) is 0 Å². The first-order valence-corrected chi connectivity index (χ1v) is 9.72. The van der Waals surface area contributed by atoms with Gasteiger partial charge < -0.3 is 5.32 Å². The average Bonchev–Trinajstić information content (AvgIpc) is 3.18. The van der Waals surface area contributed by atoms with Crippen molar-refractivity contribution >= 4 is 28.8 Å². The largest absolute Gasteiger partial charge is 0.351 e. The molecular formula is C21H23NO3S. The third kappa shape index (κ3) is 3.63. The maximum Gasteiger partial charge on any atom is 0.261 e. The van der Waals surface area contributed by atoms with Crippen LogP contribution in [0.2, 0.25) is 0 Å². The molecule has 1 heterocycles. The first kappa shape index (κ1) is 18.5. The highest BCUT2D eigenvalue weighted by molar-refractivity contribution is 7.12. The predicted molar refractivity (Wildman–Crippen MR) is 103 cm³/mol. The average molecular weight is 369 g/mol. The lowest BCUT2D eigenvalue weighted by atomic mass is 9.86. The van der Waals surface area contributed by atoms with Crippen LogP contribution in [0.1, 0.15) is 50.7 Å². The molecule has 0 bridgehead atoms. The molecule has 1 aliphatic rings. The number of hydrogen-bond donors (Lipinski definition) is 1. The summed E-state index contributed by atoms with van der Waals surface area (Å²) >= 11 is 1.38. The number of amides is 1. The molecular weight excluding hydrogens is 346 g/mol. The molecule has 1 aromatic carbocycles. The molecule has 2 aromatic rings. The fraction of sp³-hybridized carbons (Fsp3) is 0.381. The van der Waals surface area contributed by atoms with Crippen molar-refractivity contribution in [2.75, 3.05) is 6.54 Å². The van der Waals surface area contributed by atoms with Crippen LogP contribution >= 0.6 is 11.3 Å². The molecule has 0 radical (unpaired) electrons. The van der Waals surface area contributed by atoms with Crippen LogP contribution in [0.15, 0.2) is 29.6 Å². The smallest absolute Gasteiger partial charge is 0.261 e. The molecule has 0 saturated heterocycles. The molecule has 3 rings (SSSR count). The Kier molecular flexibility index (Phi) is 5.37. The number of aryl methyl sites for hydroxylation is 3. The van der Waals surface area contributed by atoms with Gasteiger partial charge in [-0.2, -0.15) is 0 Å². The number of hydrogen-bond acceptors (Lipinski definition) is 4. The van der Waals surface area contributed by atoms with Crippen molar-refractivity contribution in [3.63, 3.8) is 0 Å². The summed E-state index contributed by atoms with van der Waals surface area (Å²) in [7, 11) is 0. The van der Waals surface area contributed by atoms with Gasteiger partial charge in [-0.05, 0) is 55.3 Å². The van der Waals surface area contributed by atoms with Gasteiger partial charge in [0.2, 0.25) is 0 Å². The highest BCUT2D eigenvalue weighted by atomic mass is 32.1. The summed E-state index contributed by atoms with van der Waals surface area (Å²) in [6.45, 7) is 6.34. The van der Waals surface area contributed by atoms with Crippen LogP contribution < -0.4 is 5.32 Å². The van der Waals surface area contributed by atoms with Gasteiger partial charge >= 0.3 is 0 Å². The number of ketones is 2. The molecule has 1 N–H and O–H groups in total. The van der Waals surface area contributed by atoms with Crippen LogP contribution in [0, 0.1) is 26.7 Å². The zero-order chi connectivity index (χ0) is 18.8. The molecule has 1 aromatic heterocycles. The summed E-state index contributed by atoms with van der Waals surface area (Å²) in [4.78, 5) is 38.1. The lowest BCUT2D eigenvalue weighted by molar-refractivity contribution is -0.124. The van der Waals surface area contributed by atoms with E-state index in [9.17, 15) is 14.4 Å². The van der Waals surface area contributed by atoms with Crippen molar-refractivity contribution in [3.8, 4) is 0 Å². The SMILES string of the molecule is Cc1cc(C)c(C2C(=O)CC(CCNC(=O)c3cccs3)C2=O)c(C)c1. The molecule has 136 valence electrons.